The van der Waals surface area contributed by atoms with Crippen molar-refractivity contribution in [1.29, 1.82) is 0 Å². The minimum atomic E-state index is -0.510. The van der Waals surface area contributed by atoms with Gasteiger partial charge >= 0.3 is 0 Å². The number of thioether (sulfide) groups is 1. The summed E-state index contributed by atoms with van der Waals surface area (Å²) in [5.41, 5.74) is 6.48. The number of hydrogen-bond acceptors (Lipinski definition) is 5. The Morgan fingerprint density at radius 2 is 1.88 bits per heavy atom. The van der Waals surface area contributed by atoms with E-state index >= 15 is 0 Å². The summed E-state index contributed by atoms with van der Waals surface area (Å²) < 4.78 is 0. The Hall–Kier alpha value is -2.87. The van der Waals surface area contributed by atoms with Crippen molar-refractivity contribution in [3.05, 3.63) is 69.8 Å². The first kappa shape index (κ1) is 18.5. The van der Waals surface area contributed by atoms with Gasteiger partial charge in [0.05, 0.1) is 10.7 Å². The molecule has 2 amide bonds. The third-order valence-electron chi connectivity index (χ3n) is 3.47. The van der Waals surface area contributed by atoms with Gasteiger partial charge in [0.1, 0.15) is 0 Å². The minimum Gasteiger partial charge on any atom is -0.366 e. The number of nitro groups is 1. The maximum Gasteiger partial charge on any atom is 0.269 e. The molecule has 0 saturated heterocycles. The second kappa shape index (κ2) is 8.29. The lowest BCUT2D eigenvalue weighted by Crippen LogP contribution is -2.28. The average Bonchev–Trinajstić information content (AvgIpc) is 2.60. The second-order valence-corrected chi connectivity index (χ2v) is 6.40. The predicted molar refractivity (Wildman–Crippen MR) is 95.3 cm³/mol. The van der Waals surface area contributed by atoms with Crippen molar-refractivity contribution in [3.63, 3.8) is 0 Å². The van der Waals surface area contributed by atoms with Crippen LogP contribution >= 0.6 is 11.8 Å². The van der Waals surface area contributed by atoms with E-state index in [4.69, 9.17) is 5.73 Å². The molecular formula is C17H17N3O4S. The van der Waals surface area contributed by atoms with Crippen LogP contribution in [0.1, 0.15) is 15.9 Å². The number of hydrogen-bond donors (Lipinski definition) is 1. The van der Waals surface area contributed by atoms with Gasteiger partial charge in [-0.1, -0.05) is 12.1 Å². The predicted octanol–water partition coefficient (Wildman–Crippen LogP) is 2.44. The van der Waals surface area contributed by atoms with Crippen molar-refractivity contribution in [1.82, 2.24) is 4.90 Å². The SMILES string of the molecule is CN(Cc1cccc(C(N)=O)c1)C(=O)CSc1ccc([N+](=O)[O-])cc1. The zero-order valence-corrected chi connectivity index (χ0v) is 14.4. The third kappa shape index (κ3) is 5.32. The fourth-order valence-corrected chi connectivity index (χ4v) is 2.94. The molecule has 0 atom stereocenters. The van der Waals surface area contributed by atoms with Crippen LogP contribution in [0.4, 0.5) is 5.69 Å². The lowest BCUT2D eigenvalue weighted by atomic mass is 10.1. The molecule has 0 fully saturated rings. The molecule has 8 heteroatoms. The van der Waals surface area contributed by atoms with Crippen molar-refractivity contribution in [2.45, 2.75) is 11.4 Å². The van der Waals surface area contributed by atoms with Crippen LogP contribution in [-0.2, 0) is 11.3 Å². The lowest BCUT2D eigenvalue weighted by molar-refractivity contribution is -0.384. The summed E-state index contributed by atoms with van der Waals surface area (Å²) in [5, 5.41) is 10.6. The molecule has 0 heterocycles. The normalized spacial score (nSPS) is 10.3. The summed E-state index contributed by atoms with van der Waals surface area (Å²) in [6.07, 6.45) is 0. The van der Waals surface area contributed by atoms with E-state index in [0.29, 0.717) is 12.1 Å². The molecule has 0 unspecified atom stereocenters. The van der Waals surface area contributed by atoms with E-state index < -0.39 is 10.8 Å². The maximum absolute atomic E-state index is 12.2. The first-order chi connectivity index (χ1) is 11.9. The largest absolute Gasteiger partial charge is 0.366 e. The zero-order chi connectivity index (χ0) is 18.4. The topological polar surface area (TPSA) is 107 Å². The summed E-state index contributed by atoms with van der Waals surface area (Å²) in [7, 11) is 1.68. The highest BCUT2D eigenvalue weighted by molar-refractivity contribution is 8.00. The number of primary amides is 1. The first-order valence-electron chi connectivity index (χ1n) is 7.37. The van der Waals surface area contributed by atoms with Crippen LogP contribution in [-0.4, -0.2) is 34.4 Å². The van der Waals surface area contributed by atoms with E-state index in [-0.39, 0.29) is 17.3 Å². The van der Waals surface area contributed by atoms with E-state index in [1.807, 2.05) is 6.07 Å². The molecule has 25 heavy (non-hydrogen) atoms. The summed E-state index contributed by atoms with van der Waals surface area (Å²) >= 11 is 1.31. The van der Waals surface area contributed by atoms with Crippen LogP contribution in [0.3, 0.4) is 0 Å². The number of benzene rings is 2. The van der Waals surface area contributed by atoms with Crippen LogP contribution in [0, 0.1) is 10.1 Å². The Morgan fingerprint density at radius 3 is 2.48 bits per heavy atom. The number of nitrogens with zero attached hydrogens (tertiary/aromatic N) is 2. The maximum atomic E-state index is 12.2. The molecule has 0 aliphatic carbocycles. The van der Waals surface area contributed by atoms with E-state index in [1.54, 1.807) is 42.3 Å². The van der Waals surface area contributed by atoms with Crippen LogP contribution < -0.4 is 5.73 Å². The van der Waals surface area contributed by atoms with E-state index in [9.17, 15) is 19.7 Å². The van der Waals surface area contributed by atoms with Gasteiger partial charge in [-0.3, -0.25) is 19.7 Å². The van der Waals surface area contributed by atoms with Gasteiger partial charge in [0.25, 0.3) is 5.69 Å². The molecule has 2 rings (SSSR count). The van der Waals surface area contributed by atoms with Crippen molar-refractivity contribution < 1.29 is 14.5 Å². The van der Waals surface area contributed by atoms with E-state index in [0.717, 1.165) is 10.5 Å². The standard InChI is InChI=1S/C17H17N3O4S/c1-19(10-12-3-2-4-13(9-12)17(18)22)16(21)11-25-15-7-5-14(6-8-15)20(23)24/h2-9H,10-11H2,1H3,(H2,18,22). The Morgan fingerprint density at radius 1 is 1.20 bits per heavy atom. The van der Waals surface area contributed by atoms with Crippen molar-refractivity contribution in [3.8, 4) is 0 Å². The van der Waals surface area contributed by atoms with Gasteiger partial charge in [-0.25, -0.2) is 0 Å². The quantitative estimate of drug-likeness (QED) is 0.464. The highest BCUT2D eigenvalue weighted by Gasteiger charge is 2.12. The molecule has 0 radical (unpaired) electrons. The third-order valence-corrected chi connectivity index (χ3v) is 4.46. The fourth-order valence-electron chi connectivity index (χ4n) is 2.10. The smallest absolute Gasteiger partial charge is 0.269 e. The highest BCUT2D eigenvalue weighted by Crippen LogP contribution is 2.21. The van der Waals surface area contributed by atoms with Crippen LogP contribution in [0.15, 0.2) is 53.4 Å². The van der Waals surface area contributed by atoms with Gasteiger partial charge in [-0.2, -0.15) is 0 Å². The Balaban J connectivity index is 1.90. The fraction of sp³-hybridized carbons (Fsp3) is 0.176. The lowest BCUT2D eigenvalue weighted by Gasteiger charge is -2.17. The van der Waals surface area contributed by atoms with Crippen molar-refractivity contribution in [2.75, 3.05) is 12.8 Å². The van der Waals surface area contributed by atoms with Gasteiger partial charge in [0.15, 0.2) is 0 Å². The van der Waals surface area contributed by atoms with Gasteiger partial charge in [0, 0.05) is 36.2 Å². The number of nitrogens with two attached hydrogens (primary N) is 1. The number of carbonyl (C=O) groups is 2. The van der Waals surface area contributed by atoms with Gasteiger partial charge < -0.3 is 10.6 Å². The van der Waals surface area contributed by atoms with E-state index in [1.165, 1.54) is 23.9 Å². The molecule has 0 aliphatic rings. The Bertz CT molecular complexity index is 793. The summed E-state index contributed by atoms with van der Waals surface area (Å²) in [5.74, 6) is -0.388. The van der Waals surface area contributed by atoms with E-state index in [2.05, 4.69) is 0 Å². The molecule has 2 aromatic carbocycles. The molecule has 130 valence electrons. The summed E-state index contributed by atoms with van der Waals surface area (Å²) in [6.45, 7) is 0.362. The molecule has 0 bridgehead atoms. The first-order valence-corrected chi connectivity index (χ1v) is 8.35. The molecular weight excluding hydrogens is 342 g/mol. The van der Waals surface area contributed by atoms with Gasteiger partial charge in [-0.15, -0.1) is 11.8 Å². The van der Waals surface area contributed by atoms with Gasteiger partial charge in [0.2, 0.25) is 11.8 Å². The molecule has 2 N–H and O–H groups in total. The molecule has 0 aromatic heterocycles. The minimum absolute atomic E-state index is 0.0159. The van der Waals surface area contributed by atoms with Crippen molar-refractivity contribution >= 4 is 29.3 Å². The summed E-state index contributed by atoms with van der Waals surface area (Å²) in [6, 6.07) is 12.9. The highest BCUT2D eigenvalue weighted by atomic mass is 32.2. The van der Waals surface area contributed by atoms with Gasteiger partial charge in [-0.05, 0) is 29.8 Å². The average molecular weight is 359 g/mol. The number of nitro benzene ring substituents is 1. The molecule has 0 aliphatic heterocycles. The Labute approximate surface area is 149 Å². The molecule has 2 aromatic rings. The monoisotopic (exact) mass is 359 g/mol. The number of carbonyl (C=O) groups excluding carboxylic acids is 2. The van der Waals surface area contributed by atoms with Crippen LogP contribution in [0.25, 0.3) is 0 Å². The number of rotatable bonds is 7. The van der Waals surface area contributed by atoms with Crippen molar-refractivity contribution in [2.24, 2.45) is 5.73 Å². The zero-order valence-electron chi connectivity index (χ0n) is 13.5. The summed E-state index contributed by atoms with van der Waals surface area (Å²) in [4.78, 5) is 35.9. The molecule has 0 saturated carbocycles. The Kier molecular flexibility index (Phi) is 6.13. The number of non-ortho nitro benzene ring substituents is 1. The second-order valence-electron chi connectivity index (χ2n) is 5.35. The molecule has 7 nitrogen and oxygen atoms in total. The van der Waals surface area contributed by atoms with Crippen LogP contribution in [0.5, 0.6) is 0 Å². The number of amides is 2. The molecule has 0 spiro atoms. The van der Waals surface area contributed by atoms with Crippen LogP contribution in [0.2, 0.25) is 0 Å².